The van der Waals surface area contributed by atoms with Crippen molar-refractivity contribution in [2.45, 2.75) is 38.3 Å². The van der Waals surface area contributed by atoms with Gasteiger partial charge in [0.05, 0.1) is 6.61 Å². The van der Waals surface area contributed by atoms with Gasteiger partial charge in [0.15, 0.2) is 5.82 Å². The van der Waals surface area contributed by atoms with E-state index in [2.05, 4.69) is 25.8 Å². The Bertz CT molecular complexity index is 403. The predicted molar refractivity (Wildman–Crippen MR) is 71.6 cm³/mol. The van der Waals surface area contributed by atoms with Gasteiger partial charge in [-0.15, -0.1) is 0 Å². The Hall–Kier alpha value is -0.520. The zero-order valence-corrected chi connectivity index (χ0v) is 11.9. The second-order valence-corrected chi connectivity index (χ2v) is 5.48. The van der Waals surface area contributed by atoms with Crippen molar-refractivity contribution < 1.29 is 9.50 Å². The van der Waals surface area contributed by atoms with Crippen LogP contribution in [-0.4, -0.2) is 34.2 Å². The molecule has 2 rings (SSSR count). The quantitative estimate of drug-likeness (QED) is 0.871. The molecule has 0 aromatic carbocycles. The van der Waals surface area contributed by atoms with Crippen molar-refractivity contribution in [1.29, 1.82) is 0 Å². The molecule has 1 fully saturated rings. The van der Waals surface area contributed by atoms with Gasteiger partial charge in [0, 0.05) is 24.3 Å². The van der Waals surface area contributed by atoms with Gasteiger partial charge >= 0.3 is 0 Å². The average Bonchev–Trinajstić information content (AvgIpc) is 2.60. The van der Waals surface area contributed by atoms with Gasteiger partial charge in [-0.1, -0.05) is 12.8 Å². The molecule has 0 spiro atoms. The Labute approximate surface area is 115 Å². The normalized spacial score (nSPS) is 21.8. The third-order valence-electron chi connectivity index (χ3n) is 3.51. The van der Waals surface area contributed by atoms with Crippen LogP contribution in [0.1, 0.15) is 31.2 Å². The molecule has 1 aromatic rings. The van der Waals surface area contributed by atoms with E-state index in [1.807, 2.05) is 0 Å². The molecule has 1 aromatic heterocycles. The topological polar surface area (TPSA) is 36.4 Å². The SMILES string of the molecule is OCC1CCCCCN1Cc1ccnc(Br)c1F. The molecule has 1 aliphatic rings. The summed E-state index contributed by atoms with van der Waals surface area (Å²) in [5.74, 6) is -0.293. The maximum Gasteiger partial charge on any atom is 0.160 e. The summed E-state index contributed by atoms with van der Waals surface area (Å²) in [4.78, 5) is 6.04. The molecule has 0 bridgehead atoms. The van der Waals surface area contributed by atoms with Crippen LogP contribution in [-0.2, 0) is 6.54 Å². The molecular formula is C13H18BrFN2O. The van der Waals surface area contributed by atoms with Crippen LogP contribution in [0, 0.1) is 5.82 Å². The number of likely N-dealkylation sites (tertiary alicyclic amines) is 1. The maximum absolute atomic E-state index is 13.9. The highest BCUT2D eigenvalue weighted by molar-refractivity contribution is 9.10. The van der Waals surface area contributed by atoms with Gasteiger partial charge < -0.3 is 5.11 Å². The number of aromatic nitrogens is 1. The molecule has 5 heteroatoms. The van der Waals surface area contributed by atoms with Crippen molar-refractivity contribution >= 4 is 15.9 Å². The van der Waals surface area contributed by atoms with E-state index in [9.17, 15) is 9.50 Å². The number of halogens is 2. The van der Waals surface area contributed by atoms with E-state index in [4.69, 9.17) is 0 Å². The lowest BCUT2D eigenvalue weighted by Gasteiger charge is -2.28. The van der Waals surface area contributed by atoms with Crippen molar-refractivity contribution in [3.63, 3.8) is 0 Å². The van der Waals surface area contributed by atoms with Crippen molar-refractivity contribution in [3.05, 3.63) is 28.2 Å². The Kier molecular flexibility index (Phi) is 5.09. The predicted octanol–water partition coefficient (Wildman–Crippen LogP) is 2.72. The molecule has 1 unspecified atom stereocenters. The third-order valence-corrected chi connectivity index (χ3v) is 4.06. The molecule has 1 N–H and O–H groups in total. The van der Waals surface area contributed by atoms with E-state index in [0.717, 1.165) is 25.8 Å². The summed E-state index contributed by atoms with van der Waals surface area (Å²) in [6, 6.07) is 1.86. The molecule has 0 saturated carbocycles. The number of aliphatic hydroxyl groups is 1. The van der Waals surface area contributed by atoms with E-state index in [0.29, 0.717) is 12.1 Å². The highest BCUT2D eigenvalue weighted by atomic mass is 79.9. The molecule has 100 valence electrons. The minimum atomic E-state index is -0.293. The Balaban J connectivity index is 2.12. The first kappa shape index (κ1) is 13.9. The standard InChI is InChI=1S/C13H18BrFN2O/c14-13-12(15)10(5-6-16-13)8-17-7-3-1-2-4-11(17)9-18/h5-6,11,18H,1-4,7-9H2. The Morgan fingerprint density at radius 2 is 2.28 bits per heavy atom. The summed E-state index contributed by atoms with van der Waals surface area (Å²) in [6.45, 7) is 1.61. The van der Waals surface area contributed by atoms with Crippen LogP contribution in [0.25, 0.3) is 0 Å². The van der Waals surface area contributed by atoms with Gasteiger partial charge in [-0.2, -0.15) is 0 Å². The molecule has 18 heavy (non-hydrogen) atoms. The fourth-order valence-electron chi connectivity index (χ4n) is 2.45. The zero-order valence-electron chi connectivity index (χ0n) is 10.3. The highest BCUT2D eigenvalue weighted by Crippen LogP contribution is 2.22. The van der Waals surface area contributed by atoms with Crippen LogP contribution >= 0.6 is 15.9 Å². The lowest BCUT2D eigenvalue weighted by atomic mass is 10.1. The lowest BCUT2D eigenvalue weighted by molar-refractivity contribution is 0.117. The van der Waals surface area contributed by atoms with Gasteiger partial charge in [-0.25, -0.2) is 9.37 Å². The smallest absolute Gasteiger partial charge is 0.160 e. The van der Waals surface area contributed by atoms with Crippen LogP contribution in [0.2, 0.25) is 0 Å². The van der Waals surface area contributed by atoms with E-state index in [1.54, 1.807) is 12.3 Å². The van der Waals surface area contributed by atoms with Gasteiger partial charge in [0.1, 0.15) is 4.60 Å². The number of rotatable bonds is 3. The second-order valence-electron chi connectivity index (χ2n) is 4.73. The first-order chi connectivity index (χ1) is 8.72. The largest absolute Gasteiger partial charge is 0.395 e. The van der Waals surface area contributed by atoms with E-state index >= 15 is 0 Å². The molecule has 1 aliphatic heterocycles. The van der Waals surface area contributed by atoms with Crippen molar-refractivity contribution in [2.24, 2.45) is 0 Å². The van der Waals surface area contributed by atoms with Gasteiger partial charge in [0.2, 0.25) is 0 Å². The number of pyridine rings is 1. The van der Waals surface area contributed by atoms with Gasteiger partial charge in [-0.3, -0.25) is 4.90 Å². The van der Waals surface area contributed by atoms with Crippen molar-refractivity contribution in [1.82, 2.24) is 9.88 Å². The van der Waals surface area contributed by atoms with Crippen molar-refractivity contribution in [2.75, 3.05) is 13.2 Å². The fraction of sp³-hybridized carbons (Fsp3) is 0.615. The number of hydrogen-bond acceptors (Lipinski definition) is 3. The summed E-state index contributed by atoms with van der Waals surface area (Å²) < 4.78 is 14.2. The summed E-state index contributed by atoms with van der Waals surface area (Å²) in [7, 11) is 0. The molecular weight excluding hydrogens is 299 g/mol. The first-order valence-corrected chi connectivity index (χ1v) is 7.15. The van der Waals surface area contributed by atoms with Crippen LogP contribution in [0.5, 0.6) is 0 Å². The highest BCUT2D eigenvalue weighted by Gasteiger charge is 2.21. The van der Waals surface area contributed by atoms with Crippen LogP contribution in [0.3, 0.4) is 0 Å². The van der Waals surface area contributed by atoms with Crippen LogP contribution < -0.4 is 0 Å². The summed E-state index contributed by atoms with van der Waals surface area (Å²) >= 11 is 3.10. The van der Waals surface area contributed by atoms with Crippen LogP contribution in [0.4, 0.5) is 4.39 Å². The fourth-order valence-corrected chi connectivity index (χ4v) is 2.82. The average molecular weight is 317 g/mol. The summed E-state index contributed by atoms with van der Waals surface area (Å²) in [5, 5.41) is 9.43. The molecule has 3 nitrogen and oxygen atoms in total. The molecule has 0 aliphatic carbocycles. The Morgan fingerprint density at radius 1 is 1.44 bits per heavy atom. The zero-order chi connectivity index (χ0) is 13.0. The maximum atomic E-state index is 13.9. The minimum absolute atomic E-state index is 0.147. The molecule has 2 heterocycles. The molecule has 0 amide bonds. The molecule has 0 radical (unpaired) electrons. The number of aliphatic hydroxyl groups excluding tert-OH is 1. The summed E-state index contributed by atoms with van der Waals surface area (Å²) in [6.07, 6.45) is 6.04. The molecule has 1 saturated heterocycles. The third kappa shape index (κ3) is 3.28. The van der Waals surface area contributed by atoms with E-state index in [-0.39, 0.29) is 23.1 Å². The Morgan fingerprint density at radius 3 is 3.06 bits per heavy atom. The second kappa shape index (κ2) is 6.59. The van der Waals surface area contributed by atoms with Crippen LogP contribution in [0.15, 0.2) is 16.9 Å². The number of hydrogen-bond donors (Lipinski definition) is 1. The van der Waals surface area contributed by atoms with Gasteiger partial charge in [0.25, 0.3) is 0 Å². The lowest BCUT2D eigenvalue weighted by Crippen LogP contribution is -2.37. The minimum Gasteiger partial charge on any atom is -0.395 e. The summed E-state index contributed by atoms with van der Waals surface area (Å²) in [5.41, 5.74) is 0.636. The first-order valence-electron chi connectivity index (χ1n) is 6.36. The van der Waals surface area contributed by atoms with E-state index in [1.165, 1.54) is 6.42 Å². The van der Waals surface area contributed by atoms with Crippen molar-refractivity contribution in [3.8, 4) is 0 Å². The van der Waals surface area contributed by atoms with Gasteiger partial charge in [-0.05, 0) is 41.4 Å². The van der Waals surface area contributed by atoms with E-state index < -0.39 is 0 Å². The number of nitrogens with zero attached hydrogens (tertiary/aromatic N) is 2. The monoisotopic (exact) mass is 316 g/mol. The molecule has 1 atom stereocenters.